The van der Waals surface area contributed by atoms with Gasteiger partial charge >= 0.3 is 0 Å². The smallest absolute Gasteiger partial charge is 0.254 e. The number of hydrogen-bond donors (Lipinski definition) is 0. The molecule has 0 fully saturated rings. The van der Waals surface area contributed by atoms with Gasteiger partial charge in [-0.3, -0.25) is 4.79 Å². The number of hydrogen-bond acceptors (Lipinski definition) is 3. The van der Waals surface area contributed by atoms with E-state index in [1.54, 1.807) is 24.1 Å². The minimum atomic E-state index is -0.0400. The molecule has 0 unspecified atom stereocenters. The lowest BCUT2D eigenvalue weighted by molar-refractivity contribution is 0.0784. The maximum Gasteiger partial charge on any atom is 0.254 e. The molecule has 0 aliphatic heterocycles. The van der Waals surface area contributed by atoms with E-state index in [1.807, 2.05) is 43.3 Å². The van der Waals surface area contributed by atoms with Gasteiger partial charge in [0.15, 0.2) is 11.5 Å². The van der Waals surface area contributed by atoms with Crippen molar-refractivity contribution in [2.45, 2.75) is 26.8 Å². The SMILES string of the molecule is CCCOc1ccc(C(=O)N(C)Cc2ccccc2)cc1OCC. The summed E-state index contributed by atoms with van der Waals surface area (Å²) in [6, 6.07) is 15.3. The highest BCUT2D eigenvalue weighted by Gasteiger charge is 2.15. The Hall–Kier alpha value is -2.49. The third-order valence-electron chi connectivity index (χ3n) is 3.56. The molecule has 0 aliphatic rings. The van der Waals surface area contributed by atoms with E-state index < -0.39 is 0 Å². The number of rotatable bonds is 8. The van der Waals surface area contributed by atoms with Gasteiger partial charge in [0.2, 0.25) is 0 Å². The van der Waals surface area contributed by atoms with Crippen LogP contribution < -0.4 is 9.47 Å². The van der Waals surface area contributed by atoms with Crippen molar-refractivity contribution in [2.24, 2.45) is 0 Å². The van der Waals surface area contributed by atoms with Crippen LogP contribution in [0.4, 0.5) is 0 Å². The van der Waals surface area contributed by atoms with E-state index in [9.17, 15) is 4.79 Å². The lowest BCUT2D eigenvalue weighted by Gasteiger charge is -2.19. The van der Waals surface area contributed by atoms with Crippen LogP contribution in [0.15, 0.2) is 48.5 Å². The molecule has 24 heavy (non-hydrogen) atoms. The van der Waals surface area contributed by atoms with Gasteiger partial charge in [0, 0.05) is 19.2 Å². The minimum absolute atomic E-state index is 0.0400. The van der Waals surface area contributed by atoms with Gasteiger partial charge in [-0.25, -0.2) is 0 Å². The molecule has 0 atom stereocenters. The molecule has 1 amide bonds. The zero-order valence-corrected chi connectivity index (χ0v) is 14.6. The van der Waals surface area contributed by atoms with Crippen molar-refractivity contribution in [3.8, 4) is 11.5 Å². The molecular formula is C20H25NO3. The lowest BCUT2D eigenvalue weighted by atomic mass is 10.1. The third kappa shape index (κ3) is 4.75. The second kappa shape index (κ2) is 8.96. The Morgan fingerprint density at radius 3 is 2.42 bits per heavy atom. The van der Waals surface area contributed by atoms with E-state index in [1.165, 1.54) is 0 Å². The fourth-order valence-electron chi connectivity index (χ4n) is 2.39. The van der Waals surface area contributed by atoms with Gasteiger partial charge in [-0.2, -0.15) is 0 Å². The van der Waals surface area contributed by atoms with E-state index in [0.29, 0.717) is 36.8 Å². The van der Waals surface area contributed by atoms with Gasteiger partial charge in [-0.05, 0) is 37.1 Å². The standard InChI is InChI=1S/C20H25NO3/c1-4-13-24-18-12-11-17(14-19(18)23-5-2)20(22)21(3)15-16-9-7-6-8-10-16/h6-12,14H,4-5,13,15H2,1-3H3. The van der Waals surface area contributed by atoms with Crippen LogP contribution in [0.5, 0.6) is 11.5 Å². The largest absolute Gasteiger partial charge is 0.490 e. The summed E-state index contributed by atoms with van der Waals surface area (Å²) < 4.78 is 11.3. The van der Waals surface area contributed by atoms with Crippen LogP contribution in [0.2, 0.25) is 0 Å². The van der Waals surface area contributed by atoms with Gasteiger partial charge in [-0.1, -0.05) is 37.3 Å². The number of amides is 1. The molecule has 2 rings (SSSR count). The first-order chi connectivity index (χ1) is 11.7. The van der Waals surface area contributed by atoms with E-state index >= 15 is 0 Å². The predicted octanol–water partition coefficient (Wildman–Crippen LogP) is 4.15. The van der Waals surface area contributed by atoms with Crippen LogP contribution in [-0.2, 0) is 6.54 Å². The van der Waals surface area contributed by atoms with Crippen molar-refractivity contribution in [1.82, 2.24) is 4.90 Å². The van der Waals surface area contributed by atoms with Gasteiger partial charge in [0.1, 0.15) is 0 Å². The number of carbonyl (C=O) groups is 1. The van der Waals surface area contributed by atoms with Crippen molar-refractivity contribution in [3.63, 3.8) is 0 Å². The predicted molar refractivity (Wildman–Crippen MR) is 95.6 cm³/mol. The maximum absolute atomic E-state index is 12.7. The number of nitrogens with zero attached hydrogens (tertiary/aromatic N) is 1. The minimum Gasteiger partial charge on any atom is -0.490 e. The number of carbonyl (C=O) groups excluding carboxylic acids is 1. The highest BCUT2D eigenvalue weighted by molar-refractivity contribution is 5.94. The van der Waals surface area contributed by atoms with Crippen molar-refractivity contribution in [3.05, 3.63) is 59.7 Å². The Labute approximate surface area is 144 Å². The molecule has 0 spiro atoms. The Morgan fingerprint density at radius 1 is 1.00 bits per heavy atom. The topological polar surface area (TPSA) is 38.8 Å². The normalized spacial score (nSPS) is 10.3. The highest BCUT2D eigenvalue weighted by atomic mass is 16.5. The van der Waals surface area contributed by atoms with Gasteiger partial charge < -0.3 is 14.4 Å². The molecule has 0 bridgehead atoms. The summed E-state index contributed by atoms with van der Waals surface area (Å²) >= 11 is 0. The van der Waals surface area contributed by atoms with Crippen LogP contribution >= 0.6 is 0 Å². The fourth-order valence-corrected chi connectivity index (χ4v) is 2.39. The second-order valence-electron chi connectivity index (χ2n) is 5.59. The maximum atomic E-state index is 12.7. The second-order valence-corrected chi connectivity index (χ2v) is 5.59. The summed E-state index contributed by atoms with van der Waals surface area (Å²) in [7, 11) is 1.80. The third-order valence-corrected chi connectivity index (χ3v) is 3.56. The number of ether oxygens (including phenoxy) is 2. The number of benzene rings is 2. The van der Waals surface area contributed by atoms with Crippen molar-refractivity contribution in [2.75, 3.05) is 20.3 Å². The summed E-state index contributed by atoms with van der Waals surface area (Å²) in [6.07, 6.45) is 0.923. The van der Waals surface area contributed by atoms with Crippen molar-refractivity contribution >= 4 is 5.91 Å². The Bertz CT molecular complexity index is 655. The average Bonchev–Trinajstić information content (AvgIpc) is 2.61. The zero-order valence-electron chi connectivity index (χ0n) is 14.6. The zero-order chi connectivity index (χ0) is 17.4. The molecule has 128 valence electrons. The Balaban J connectivity index is 2.14. The average molecular weight is 327 g/mol. The van der Waals surface area contributed by atoms with Crippen molar-refractivity contribution in [1.29, 1.82) is 0 Å². The quantitative estimate of drug-likeness (QED) is 0.731. The molecule has 0 heterocycles. The molecule has 0 aliphatic carbocycles. The molecule has 2 aromatic rings. The summed E-state index contributed by atoms with van der Waals surface area (Å²) in [5.74, 6) is 1.26. The van der Waals surface area contributed by atoms with E-state index in [-0.39, 0.29) is 5.91 Å². The fraction of sp³-hybridized carbons (Fsp3) is 0.350. The monoisotopic (exact) mass is 327 g/mol. The molecule has 0 aromatic heterocycles. The summed E-state index contributed by atoms with van der Waals surface area (Å²) in [5.41, 5.74) is 1.70. The molecular weight excluding hydrogens is 302 g/mol. The summed E-state index contributed by atoms with van der Waals surface area (Å²) in [6.45, 7) is 5.69. The van der Waals surface area contributed by atoms with E-state index in [2.05, 4.69) is 6.92 Å². The molecule has 0 N–H and O–H groups in total. The van der Waals surface area contributed by atoms with Crippen LogP contribution in [0.3, 0.4) is 0 Å². The Morgan fingerprint density at radius 2 is 1.75 bits per heavy atom. The molecule has 0 saturated carbocycles. The first kappa shape index (κ1) is 17.9. The van der Waals surface area contributed by atoms with Gasteiger partial charge in [0.25, 0.3) is 5.91 Å². The van der Waals surface area contributed by atoms with E-state index in [4.69, 9.17) is 9.47 Å². The van der Waals surface area contributed by atoms with Gasteiger partial charge in [0.05, 0.1) is 13.2 Å². The molecule has 4 heteroatoms. The first-order valence-corrected chi connectivity index (χ1v) is 8.34. The Kier molecular flexibility index (Phi) is 6.67. The van der Waals surface area contributed by atoms with Crippen LogP contribution in [0.25, 0.3) is 0 Å². The van der Waals surface area contributed by atoms with Gasteiger partial charge in [-0.15, -0.1) is 0 Å². The van der Waals surface area contributed by atoms with Crippen molar-refractivity contribution < 1.29 is 14.3 Å². The molecule has 2 aromatic carbocycles. The summed E-state index contributed by atoms with van der Waals surface area (Å²) in [4.78, 5) is 14.4. The molecule has 4 nitrogen and oxygen atoms in total. The lowest BCUT2D eigenvalue weighted by Crippen LogP contribution is -2.26. The van der Waals surface area contributed by atoms with Crippen LogP contribution in [-0.4, -0.2) is 31.1 Å². The first-order valence-electron chi connectivity index (χ1n) is 8.34. The van der Waals surface area contributed by atoms with Crippen LogP contribution in [0.1, 0.15) is 36.2 Å². The van der Waals surface area contributed by atoms with Crippen LogP contribution in [0, 0.1) is 0 Å². The highest BCUT2D eigenvalue weighted by Crippen LogP contribution is 2.29. The van der Waals surface area contributed by atoms with E-state index in [0.717, 1.165) is 12.0 Å². The molecule has 0 radical (unpaired) electrons. The summed E-state index contributed by atoms with van der Waals surface area (Å²) in [5, 5.41) is 0. The molecule has 0 saturated heterocycles.